The van der Waals surface area contributed by atoms with Gasteiger partial charge in [0, 0.05) is 48.3 Å². The number of amides is 1. The maximum atomic E-state index is 13.6. The summed E-state index contributed by atoms with van der Waals surface area (Å²) < 4.78 is 10.9. The number of aliphatic carboxylic acids is 1. The van der Waals surface area contributed by atoms with E-state index in [1.54, 1.807) is 24.5 Å². The fourth-order valence-electron chi connectivity index (χ4n) is 4.69. The van der Waals surface area contributed by atoms with Crippen molar-refractivity contribution in [2.75, 3.05) is 6.79 Å². The Morgan fingerprint density at radius 3 is 2.76 bits per heavy atom. The topological polar surface area (TPSA) is 129 Å². The number of halogens is 1. The smallest absolute Gasteiger partial charge is 0.326 e. The summed E-state index contributed by atoms with van der Waals surface area (Å²) in [4.78, 5) is 36.8. The van der Waals surface area contributed by atoms with Crippen molar-refractivity contribution in [3.05, 3.63) is 77.5 Å². The van der Waals surface area contributed by atoms with Crippen LogP contribution in [0.1, 0.15) is 48.3 Å². The van der Waals surface area contributed by atoms with E-state index in [2.05, 4.69) is 27.2 Å². The predicted octanol–water partition coefficient (Wildman–Crippen LogP) is 4.52. The van der Waals surface area contributed by atoms with Crippen molar-refractivity contribution in [3.63, 3.8) is 0 Å². The minimum atomic E-state index is -1.09. The number of carboxylic acids is 1. The number of unbranched alkanes of at least 4 members (excludes halogenated alkanes) is 1. The number of fused-ring (bicyclic) bond motifs is 2. The zero-order valence-electron chi connectivity index (χ0n) is 21.0. The van der Waals surface area contributed by atoms with Gasteiger partial charge in [0.15, 0.2) is 11.5 Å². The molecule has 2 aromatic carbocycles. The molecule has 0 bridgehead atoms. The van der Waals surface area contributed by atoms with Crippen molar-refractivity contribution in [2.24, 2.45) is 0 Å². The van der Waals surface area contributed by atoms with E-state index in [4.69, 9.17) is 9.47 Å². The highest BCUT2D eigenvalue weighted by molar-refractivity contribution is 5.89. The lowest BCUT2D eigenvalue weighted by Crippen LogP contribution is -2.44. The van der Waals surface area contributed by atoms with Gasteiger partial charge in [0.1, 0.15) is 11.9 Å². The summed E-state index contributed by atoms with van der Waals surface area (Å²) in [6.07, 6.45) is 6.96. The van der Waals surface area contributed by atoms with Crippen molar-refractivity contribution in [3.8, 4) is 11.5 Å². The number of H-pyrrole nitrogens is 2. The van der Waals surface area contributed by atoms with Gasteiger partial charge in [0.2, 0.25) is 12.7 Å². The second-order valence-corrected chi connectivity index (χ2v) is 9.29. The van der Waals surface area contributed by atoms with Gasteiger partial charge in [-0.1, -0.05) is 37.6 Å². The average molecular weight is 539 g/mol. The molecule has 10 heteroatoms. The van der Waals surface area contributed by atoms with E-state index in [0.29, 0.717) is 23.5 Å². The Hall–Kier alpha value is -3.98. The summed E-state index contributed by atoms with van der Waals surface area (Å²) in [7, 11) is 0. The number of hydrogen-bond donors (Lipinski definition) is 4. The number of carbonyl (C=O) groups excluding carboxylic acids is 1. The number of hydrogen-bond acceptors (Lipinski definition) is 5. The Labute approximate surface area is 226 Å². The van der Waals surface area contributed by atoms with E-state index in [9.17, 15) is 14.7 Å². The molecule has 0 fully saturated rings. The first-order valence-electron chi connectivity index (χ1n) is 12.5. The Morgan fingerprint density at radius 1 is 1.13 bits per heavy atom. The third kappa shape index (κ3) is 5.94. The largest absolute Gasteiger partial charge is 0.480 e. The van der Waals surface area contributed by atoms with Crippen molar-refractivity contribution < 1.29 is 24.2 Å². The molecule has 0 radical (unpaired) electrons. The zero-order chi connectivity index (χ0) is 25.8. The van der Waals surface area contributed by atoms with Crippen molar-refractivity contribution in [2.45, 2.75) is 51.0 Å². The number of para-hydroxylation sites is 1. The molecule has 0 spiro atoms. The standard InChI is InChI=1S/C28H30N4O5.ClH/c1-2-3-8-26-30-15-19(31-26)13-21(17-9-10-24-25(12-17)37-16-36-24)27(33)32-23(28(34)35)11-18-14-29-22-7-5-4-6-20(18)22;/h4-7,9-10,12,14-15,21,23,29H,2-3,8,11,13,16H2,1H3,(H,30,31)(H,32,33)(H,34,35);1H/t21-,23-;/m0./s1. The number of benzene rings is 2. The summed E-state index contributed by atoms with van der Waals surface area (Å²) in [5.41, 5.74) is 3.27. The van der Waals surface area contributed by atoms with E-state index < -0.39 is 17.9 Å². The molecule has 4 N–H and O–H groups in total. The number of carbonyl (C=O) groups is 2. The normalized spacial score (nSPS) is 13.6. The van der Waals surface area contributed by atoms with Gasteiger partial charge in [0.25, 0.3) is 0 Å². The van der Waals surface area contributed by atoms with Crippen LogP contribution < -0.4 is 14.8 Å². The van der Waals surface area contributed by atoms with E-state index >= 15 is 0 Å². The second kappa shape index (κ2) is 12.0. The Morgan fingerprint density at radius 2 is 1.95 bits per heavy atom. The summed E-state index contributed by atoms with van der Waals surface area (Å²) in [6.45, 7) is 2.25. The number of ether oxygens (including phenoxy) is 2. The van der Waals surface area contributed by atoms with Gasteiger partial charge in [-0.15, -0.1) is 12.4 Å². The van der Waals surface area contributed by atoms with Crippen LogP contribution in [0.4, 0.5) is 0 Å². The maximum absolute atomic E-state index is 13.6. The number of nitrogens with zero attached hydrogens (tertiary/aromatic N) is 1. The summed E-state index contributed by atoms with van der Waals surface area (Å²) in [5.74, 6) is -0.0586. The van der Waals surface area contributed by atoms with E-state index in [1.165, 1.54) is 0 Å². The van der Waals surface area contributed by atoms with E-state index in [-0.39, 0.29) is 31.5 Å². The highest BCUT2D eigenvalue weighted by atomic mass is 35.5. The molecule has 5 rings (SSSR count). The molecule has 0 unspecified atom stereocenters. The van der Waals surface area contributed by atoms with Crippen LogP contribution in [-0.4, -0.2) is 44.8 Å². The second-order valence-electron chi connectivity index (χ2n) is 9.29. The highest BCUT2D eigenvalue weighted by Crippen LogP contribution is 2.35. The number of aromatic nitrogens is 3. The number of imidazole rings is 1. The fourth-order valence-corrected chi connectivity index (χ4v) is 4.69. The van der Waals surface area contributed by atoms with Gasteiger partial charge in [-0.25, -0.2) is 9.78 Å². The average Bonchev–Trinajstić information content (AvgIpc) is 3.65. The first-order valence-corrected chi connectivity index (χ1v) is 12.5. The molecule has 9 nitrogen and oxygen atoms in total. The third-order valence-corrected chi connectivity index (χ3v) is 6.70. The number of aryl methyl sites for hydroxylation is 1. The summed E-state index contributed by atoms with van der Waals surface area (Å²) in [6, 6.07) is 12.0. The number of carboxylic acid groups (broad SMARTS) is 1. The van der Waals surface area contributed by atoms with Crippen LogP contribution in [0.2, 0.25) is 0 Å². The first kappa shape index (κ1) is 27.1. The third-order valence-electron chi connectivity index (χ3n) is 6.70. The number of nitrogens with one attached hydrogen (secondary N) is 3. The van der Waals surface area contributed by atoms with Gasteiger partial charge < -0.3 is 29.9 Å². The monoisotopic (exact) mass is 538 g/mol. The van der Waals surface area contributed by atoms with Crippen LogP contribution in [0.3, 0.4) is 0 Å². The van der Waals surface area contributed by atoms with Crippen LogP contribution in [0.5, 0.6) is 11.5 Å². The van der Waals surface area contributed by atoms with Crippen LogP contribution in [0, 0.1) is 0 Å². The molecule has 38 heavy (non-hydrogen) atoms. The molecule has 4 aromatic rings. The summed E-state index contributed by atoms with van der Waals surface area (Å²) >= 11 is 0. The molecular weight excluding hydrogens is 508 g/mol. The van der Waals surface area contributed by atoms with Crippen molar-refractivity contribution in [1.29, 1.82) is 0 Å². The van der Waals surface area contributed by atoms with Crippen LogP contribution in [-0.2, 0) is 28.9 Å². The quantitative estimate of drug-likeness (QED) is 0.222. The van der Waals surface area contributed by atoms with Crippen LogP contribution in [0.25, 0.3) is 10.9 Å². The molecule has 3 heterocycles. The molecular formula is C28H31ClN4O5. The van der Waals surface area contributed by atoms with Crippen LogP contribution >= 0.6 is 12.4 Å². The molecule has 1 aliphatic rings. The Bertz CT molecular complexity index is 1420. The molecule has 2 atom stereocenters. The van der Waals surface area contributed by atoms with Gasteiger partial charge in [-0.2, -0.15) is 0 Å². The van der Waals surface area contributed by atoms with Gasteiger partial charge in [0.05, 0.1) is 5.92 Å². The van der Waals surface area contributed by atoms with Gasteiger partial charge >= 0.3 is 5.97 Å². The summed E-state index contributed by atoms with van der Waals surface area (Å²) in [5, 5.41) is 13.7. The first-order chi connectivity index (χ1) is 18.0. The molecule has 0 saturated heterocycles. The molecule has 1 amide bonds. The van der Waals surface area contributed by atoms with Gasteiger partial charge in [-0.05, 0) is 35.7 Å². The predicted molar refractivity (Wildman–Crippen MR) is 145 cm³/mol. The molecule has 1 aliphatic heterocycles. The molecule has 2 aromatic heterocycles. The SMILES string of the molecule is CCCCc1ncc(C[C@H](C(=O)N[C@@H](Cc2c[nH]c3ccccc23)C(=O)O)c2ccc3c(c2)OCO3)[nH]1.Cl. The van der Waals surface area contributed by atoms with Crippen molar-refractivity contribution in [1.82, 2.24) is 20.3 Å². The Kier molecular flexibility index (Phi) is 8.58. The molecule has 0 saturated carbocycles. The van der Waals surface area contributed by atoms with Crippen LogP contribution in [0.15, 0.2) is 54.9 Å². The molecule has 0 aliphatic carbocycles. The van der Waals surface area contributed by atoms with E-state index in [1.807, 2.05) is 30.3 Å². The fraction of sp³-hybridized carbons (Fsp3) is 0.321. The van der Waals surface area contributed by atoms with Gasteiger partial charge in [-0.3, -0.25) is 4.79 Å². The minimum Gasteiger partial charge on any atom is -0.480 e. The Balaban J connectivity index is 0.00000336. The van der Waals surface area contributed by atoms with Crippen molar-refractivity contribution >= 4 is 35.2 Å². The minimum absolute atomic E-state index is 0. The van der Waals surface area contributed by atoms with E-state index in [0.717, 1.165) is 47.2 Å². The molecule has 200 valence electrons. The number of aromatic amines is 2. The number of rotatable bonds is 11. The zero-order valence-corrected chi connectivity index (χ0v) is 21.8. The lowest BCUT2D eigenvalue weighted by molar-refractivity contribution is -0.142. The highest BCUT2D eigenvalue weighted by Gasteiger charge is 2.29. The lowest BCUT2D eigenvalue weighted by atomic mass is 9.92. The lowest BCUT2D eigenvalue weighted by Gasteiger charge is -2.21. The maximum Gasteiger partial charge on any atom is 0.326 e.